The summed E-state index contributed by atoms with van der Waals surface area (Å²) in [5, 5.41) is 3.29. The van der Waals surface area contributed by atoms with E-state index < -0.39 is 0 Å². The number of rotatable bonds is 10. The van der Waals surface area contributed by atoms with Gasteiger partial charge in [-0.15, -0.1) is 0 Å². The monoisotopic (exact) mass is 394 g/mol. The first kappa shape index (κ1) is 23.1. The van der Waals surface area contributed by atoms with Gasteiger partial charge in [0.25, 0.3) is 0 Å². The van der Waals surface area contributed by atoms with E-state index in [0.29, 0.717) is 24.2 Å². The lowest BCUT2D eigenvalue weighted by molar-refractivity contribution is -0.124. The van der Waals surface area contributed by atoms with Crippen LogP contribution in [0.5, 0.6) is 0 Å². The fourth-order valence-electron chi connectivity index (χ4n) is 5.00. The molecule has 28 heavy (non-hydrogen) atoms. The lowest BCUT2D eigenvalue weighted by Crippen LogP contribution is -2.58. The number of nitrogens with zero attached hydrogens (tertiary/aromatic N) is 3. The van der Waals surface area contributed by atoms with E-state index in [1.807, 2.05) is 4.90 Å². The van der Waals surface area contributed by atoms with E-state index in [1.165, 1.54) is 0 Å². The smallest absolute Gasteiger partial charge is 0.317 e. The Morgan fingerprint density at radius 3 is 2.54 bits per heavy atom. The number of urea groups is 1. The number of Topliss-reactive ketones (excluding diaryl/α,β-unsaturated/α-hetero) is 1. The molecule has 0 aromatic heterocycles. The molecule has 162 valence electrons. The third-order valence-electron chi connectivity index (χ3n) is 6.57. The van der Waals surface area contributed by atoms with E-state index in [1.54, 1.807) is 0 Å². The van der Waals surface area contributed by atoms with Gasteiger partial charge in [0.15, 0.2) is 0 Å². The van der Waals surface area contributed by atoms with Gasteiger partial charge in [-0.3, -0.25) is 9.69 Å². The molecule has 1 heterocycles. The second-order valence-electron chi connectivity index (χ2n) is 8.45. The van der Waals surface area contributed by atoms with Crippen molar-refractivity contribution in [2.24, 2.45) is 5.92 Å². The molecule has 0 aromatic carbocycles. The molecule has 2 rings (SSSR count). The number of hydrogen-bond donors (Lipinski definition) is 1. The van der Waals surface area contributed by atoms with E-state index in [9.17, 15) is 9.59 Å². The van der Waals surface area contributed by atoms with Crippen LogP contribution in [0.2, 0.25) is 0 Å². The molecule has 0 unspecified atom stereocenters. The number of ketones is 1. The fourth-order valence-corrected chi connectivity index (χ4v) is 5.00. The van der Waals surface area contributed by atoms with Gasteiger partial charge in [0.05, 0.1) is 0 Å². The molecule has 1 saturated carbocycles. The minimum Gasteiger partial charge on any atom is -0.334 e. The topological polar surface area (TPSA) is 55.9 Å². The van der Waals surface area contributed by atoms with E-state index in [4.69, 9.17) is 0 Å². The molecule has 3 atom stereocenters. The minimum absolute atomic E-state index is 0.0593. The third-order valence-corrected chi connectivity index (χ3v) is 6.57. The van der Waals surface area contributed by atoms with Gasteiger partial charge in [0, 0.05) is 44.6 Å². The van der Waals surface area contributed by atoms with Gasteiger partial charge in [-0.05, 0) is 64.7 Å². The van der Waals surface area contributed by atoms with Crippen molar-refractivity contribution in [1.29, 1.82) is 0 Å². The van der Waals surface area contributed by atoms with Crippen molar-refractivity contribution in [3.8, 4) is 0 Å². The van der Waals surface area contributed by atoms with Gasteiger partial charge in [-0.25, -0.2) is 4.79 Å². The van der Waals surface area contributed by atoms with Crippen molar-refractivity contribution in [1.82, 2.24) is 20.0 Å². The Hall–Kier alpha value is -1.14. The van der Waals surface area contributed by atoms with Crippen molar-refractivity contribution in [2.45, 2.75) is 78.3 Å². The van der Waals surface area contributed by atoms with E-state index in [0.717, 1.165) is 77.9 Å². The number of piperidine rings is 1. The summed E-state index contributed by atoms with van der Waals surface area (Å²) < 4.78 is 0. The molecule has 0 spiro atoms. The van der Waals surface area contributed by atoms with Gasteiger partial charge < -0.3 is 15.1 Å². The molecule has 6 heteroatoms. The third kappa shape index (κ3) is 6.45. The molecule has 2 amide bonds. The first-order valence-corrected chi connectivity index (χ1v) is 11.6. The van der Waals surface area contributed by atoms with E-state index >= 15 is 0 Å². The first-order valence-electron chi connectivity index (χ1n) is 11.6. The number of carbonyl (C=O) groups excluding carboxylic acids is 2. The Balaban J connectivity index is 1.88. The van der Waals surface area contributed by atoms with Crippen LogP contribution in [0.1, 0.15) is 66.2 Å². The molecule has 2 aliphatic rings. The predicted molar refractivity (Wildman–Crippen MR) is 115 cm³/mol. The number of fused-ring (bicyclic) bond motifs is 1. The largest absolute Gasteiger partial charge is 0.334 e. The number of likely N-dealkylation sites (tertiary alicyclic amines) is 1. The van der Waals surface area contributed by atoms with Crippen LogP contribution in [0.4, 0.5) is 4.79 Å². The Kier molecular flexibility index (Phi) is 9.72. The van der Waals surface area contributed by atoms with Crippen LogP contribution in [0.25, 0.3) is 0 Å². The summed E-state index contributed by atoms with van der Waals surface area (Å²) in [6.07, 6.45) is 5.49. The quantitative estimate of drug-likeness (QED) is 0.619. The van der Waals surface area contributed by atoms with Gasteiger partial charge in [0.1, 0.15) is 5.78 Å². The molecule has 1 saturated heterocycles. The Morgan fingerprint density at radius 1 is 1.14 bits per heavy atom. The number of hydrogen-bond acceptors (Lipinski definition) is 4. The zero-order chi connectivity index (χ0) is 20.5. The van der Waals surface area contributed by atoms with Crippen LogP contribution < -0.4 is 5.32 Å². The molecule has 0 radical (unpaired) electrons. The maximum atomic E-state index is 12.9. The highest BCUT2D eigenvalue weighted by Gasteiger charge is 2.39. The molecular weight excluding hydrogens is 352 g/mol. The van der Waals surface area contributed by atoms with Crippen LogP contribution >= 0.6 is 0 Å². The maximum absolute atomic E-state index is 12.9. The minimum atomic E-state index is 0.0593. The molecule has 6 nitrogen and oxygen atoms in total. The molecule has 0 aromatic rings. The summed E-state index contributed by atoms with van der Waals surface area (Å²) in [6, 6.07) is 0.745. The average molecular weight is 395 g/mol. The number of nitrogens with one attached hydrogen (secondary N) is 1. The van der Waals surface area contributed by atoms with E-state index in [-0.39, 0.29) is 12.1 Å². The Morgan fingerprint density at radius 2 is 1.89 bits per heavy atom. The van der Waals surface area contributed by atoms with Crippen molar-refractivity contribution in [2.75, 3.05) is 45.8 Å². The average Bonchev–Trinajstić information content (AvgIpc) is 2.68. The van der Waals surface area contributed by atoms with Crippen LogP contribution in [-0.4, -0.2) is 84.4 Å². The van der Waals surface area contributed by atoms with Crippen molar-refractivity contribution >= 4 is 11.8 Å². The van der Waals surface area contributed by atoms with Crippen LogP contribution in [0.3, 0.4) is 0 Å². The van der Waals surface area contributed by atoms with Gasteiger partial charge in [-0.2, -0.15) is 0 Å². The SMILES string of the molecule is CCCN1C[C@@H](NC(=O)N(CC)CCCN(CC)CC)C[C@@H]2CC(=O)CC[C@H]21. The van der Waals surface area contributed by atoms with Crippen LogP contribution in [0, 0.1) is 5.92 Å². The highest BCUT2D eigenvalue weighted by atomic mass is 16.2. The molecular formula is C22H42N4O2. The van der Waals surface area contributed by atoms with E-state index in [2.05, 4.69) is 42.8 Å². The standard InChI is InChI=1S/C22H42N4O2/c1-5-12-26-17-19(15-18-16-20(27)10-11-21(18)26)23-22(28)25(8-4)14-9-13-24(6-2)7-3/h18-19,21H,5-17H2,1-4H3,(H,23,28)/t18-,19+,21-/m1/s1. The zero-order valence-electron chi connectivity index (χ0n) is 18.6. The van der Waals surface area contributed by atoms with Crippen LogP contribution in [0.15, 0.2) is 0 Å². The fraction of sp³-hybridized carbons (Fsp3) is 0.909. The second kappa shape index (κ2) is 11.8. The lowest BCUT2D eigenvalue weighted by Gasteiger charge is -2.47. The lowest BCUT2D eigenvalue weighted by atomic mass is 9.76. The normalized spacial score (nSPS) is 25.6. The Bertz CT molecular complexity index is 495. The molecule has 1 N–H and O–H groups in total. The highest BCUT2D eigenvalue weighted by molar-refractivity contribution is 5.79. The molecule has 0 bridgehead atoms. The van der Waals surface area contributed by atoms with Gasteiger partial charge in [0.2, 0.25) is 0 Å². The first-order chi connectivity index (χ1) is 13.5. The summed E-state index contributed by atoms with van der Waals surface area (Å²) in [4.78, 5) is 31.7. The Labute approximate surface area is 172 Å². The predicted octanol–water partition coefficient (Wildman–Crippen LogP) is 2.97. The summed E-state index contributed by atoms with van der Waals surface area (Å²) in [5.74, 6) is 0.806. The summed E-state index contributed by atoms with van der Waals surface area (Å²) in [7, 11) is 0. The van der Waals surface area contributed by atoms with Crippen molar-refractivity contribution in [3.05, 3.63) is 0 Å². The molecule has 2 fully saturated rings. The molecule has 1 aliphatic carbocycles. The number of carbonyl (C=O) groups is 2. The second-order valence-corrected chi connectivity index (χ2v) is 8.45. The van der Waals surface area contributed by atoms with Gasteiger partial charge >= 0.3 is 6.03 Å². The summed E-state index contributed by atoms with van der Waals surface area (Å²) in [6.45, 7) is 15.3. The molecule has 1 aliphatic heterocycles. The van der Waals surface area contributed by atoms with Crippen molar-refractivity contribution < 1.29 is 9.59 Å². The maximum Gasteiger partial charge on any atom is 0.317 e. The highest BCUT2D eigenvalue weighted by Crippen LogP contribution is 2.34. The number of amides is 2. The van der Waals surface area contributed by atoms with Gasteiger partial charge in [-0.1, -0.05) is 20.8 Å². The zero-order valence-corrected chi connectivity index (χ0v) is 18.6. The van der Waals surface area contributed by atoms with Crippen LogP contribution in [-0.2, 0) is 4.79 Å². The summed E-state index contributed by atoms with van der Waals surface area (Å²) in [5.41, 5.74) is 0. The summed E-state index contributed by atoms with van der Waals surface area (Å²) >= 11 is 0. The van der Waals surface area contributed by atoms with Crippen molar-refractivity contribution in [3.63, 3.8) is 0 Å².